The van der Waals surface area contributed by atoms with Crippen molar-refractivity contribution in [1.29, 1.82) is 0 Å². The summed E-state index contributed by atoms with van der Waals surface area (Å²) in [5.74, 6) is 0.275. The average Bonchev–Trinajstić information content (AvgIpc) is 2.48. The van der Waals surface area contributed by atoms with Crippen molar-refractivity contribution >= 4 is 23.2 Å². The second-order valence-corrected chi connectivity index (χ2v) is 5.85. The van der Waals surface area contributed by atoms with Crippen LogP contribution in [0.3, 0.4) is 0 Å². The van der Waals surface area contributed by atoms with Gasteiger partial charge in [-0.25, -0.2) is 0 Å². The fourth-order valence-electron chi connectivity index (χ4n) is 2.42. The summed E-state index contributed by atoms with van der Waals surface area (Å²) in [7, 11) is 1.98. The Morgan fingerprint density at radius 1 is 0.900 bits per heavy atom. The standard InChI is InChI=1S/C17H19Cl2N/c1-11(13-8-9-16(18)17(19)10-13)14-6-4-5-7-15(14)12(2)20-3/h4-12,20H,1-3H3. The smallest absolute Gasteiger partial charge is 0.0595 e. The molecule has 20 heavy (non-hydrogen) atoms. The molecule has 1 nitrogen and oxygen atoms in total. The Balaban J connectivity index is 2.42. The van der Waals surface area contributed by atoms with E-state index >= 15 is 0 Å². The predicted molar refractivity (Wildman–Crippen MR) is 87.9 cm³/mol. The first-order valence-electron chi connectivity index (χ1n) is 6.75. The Bertz CT molecular complexity index is 595. The van der Waals surface area contributed by atoms with Crippen LogP contribution in [0.1, 0.15) is 42.5 Å². The van der Waals surface area contributed by atoms with E-state index in [9.17, 15) is 0 Å². The first-order valence-corrected chi connectivity index (χ1v) is 7.51. The molecule has 0 radical (unpaired) electrons. The summed E-state index contributed by atoms with van der Waals surface area (Å²) in [6.07, 6.45) is 0. The molecule has 1 N–H and O–H groups in total. The lowest BCUT2D eigenvalue weighted by Gasteiger charge is -2.21. The molecule has 0 fully saturated rings. The zero-order chi connectivity index (χ0) is 14.7. The maximum Gasteiger partial charge on any atom is 0.0595 e. The SMILES string of the molecule is CNC(C)c1ccccc1C(C)c1ccc(Cl)c(Cl)c1. The van der Waals surface area contributed by atoms with E-state index in [1.807, 2.05) is 25.2 Å². The fourth-order valence-corrected chi connectivity index (χ4v) is 2.72. The van der Waals surface area contributed by atoms with Crippen molar-refractivity contribution in [3.63, 3.8) is 0 Å². The predicted octanol–water partition coefficient (Wildman–Crippen LogP) is 5.43. The van der Waals surface area contributed by atoms with Crippen LogP contribution in [0.5, 0.6) is 0 Å². The summed E-state index contributed by atoms with van der Waals surface area (Å²) in [5, 5.41) is 4.50. The van der Waals surface area contributed by atoms with Crippen LogP contribution >= 0.6 is 23.2 Å². The van der Waals surface area contributed by atoms with Crippen molar-refractivity contribution in [1.82, 2.24) is 5.32 Å². The summed E-state index contributed by atoms with van der Waals surface area (Å²) in [6, 6.07) is 14.7. The highest BCUT2D eigenvalue weighted by Gasteiger charge is 2.16. The third-order valence-electron chi connectivity index (χ3n) is 3.81. The van der Waals surface area contributed by atoms with E-state index < -0.39 is 0 Å². The summed E-state index contributed by atoms with van der Waals surface area (Å²) < 4.78 is 0. The highest BCUT2D eigenvalue weighted by molar-refractivity contribution is 6.42. The second-order valence-electron chi connectivity index (χ2n) is 5.03. The van der Waals surface area contributed by atoms with Crippen molar-refractivity contribution in [2.75, 3.05) is 7.05 Å². The quantitative estimate of drug-likeness (QED) is 0.794. The lowest BCUT2D eigenvalue weighted by Crippen LogP contribution is -2.15. The van der Waals surface area contributed by atoms with Crippen molar-refractivity contribution in [2.24, 2.45) is 0 Å². The molecule has 106 valence electrons. The van der Waals surface area contributed by atoms with E-state index in [0.29, 0.717) is 16.1 Å². The topological polar surface area (TPSA) is 12.0 Å². The summed E-state index contributed by atoms with van der Waals surface area (Å²) in [6.45, 7) is 4.36. The van der Waals surface area contributed by atoms with Crippen LogP contribution < -0.4 is 5.32 Å². The van der Waals surface area contributed by atoms with Gasteiger partial charge in [-0.2, -0.15) is 0 Å². The molecule has 2 aromatic rings. The largest absolute Gasteiger partial charge is 0.313 e. The number of halogens is 2. The molecule has 2 unspecified atom stereocenters. The molecule has 0 aliphatic heterocycles. The minimum absolute atomic E-state index is 0.275. The van der Waals surface area contributed by atoms with Gasteiger partial charge in [-0.3, -0.25) is 0 Å². The third-order valence-corrected chi connectivity index (χ3v) is 4.54. The van der Waals surface area contributed by atoms with Crippen molar-refractivity contribution in [3.8, 4) is 0 Å². The lowest BCUT2D eigenvalue weighted by atomic mass is 9.87. The van der Waals surface area contributed by atoms with Crippen LogP contribution in [0.2, 0.25) is 10.0 Å². The highest BCUT2D eigenvalue weighted by Crippen LogP contribution is 2.33. The van der Waals surface area contributed by atoms with E-state index in [0.717, 1.165) is 0 Å². The molecule has 0 aliphatic carbocycles. The van der Waals surface area contributed by atoms with Gasteiger partial charge in [0.1, 0.15) is 0 Å². The normalized spacial score (nSPS) is 14.1. The van der Waals surface area contributed by atoms with E-state index in [2.05, 4.69) is 43.4 Å². The molecule has 0 saturated carbocycles. The van der Waals surface area contributed by atoms with Gasteiger partial charge >= 0.3 is 0 Å². The average molecular weight is 308 g/mol. The minimum atomic E-state index is 0.275. The number of hydrogen-bond donors (Lipinski definition) is 1. The lowest BCUT2D eigenvalue weighted by molar-refractivity contribution is 0.641. The van der Waals surface area contributed by atoms with E-state index in [1.54, 1.807) is 0 Å². The number of hydrogen-bond acceptors (Lipinski definition) is 1. The summed E-state index contributed by atoms with van der Waals surface area (Å²) >= 11 is 12.1. The molecule has 2 atom stereocenters. The van der Waals surface area contributed by atoms with Crippen LogP contribution in [-0.4, -0.2) is 7.05 Å². The first-order chi connectivity index (χ1) is 9.54. The van der Waals surface area contributed by atoms with Gasteiger partial charge in [0.15, 0.2) is 0 Å². The molecule has 0 aliphatic rings. The molecular formula is C17H19Cl2N. The van der Waals surface area contributed by atoms with Crippen LogP contribution in [0.4, 0.5) is 0 Å². The van der Waals surface area contributed by atoms with Crippen molar-refractivity contribution in [3.05, 3.63) is 69.2 Å². The van der Waals surface area contributed by atoms with Crippen LogP contribution in [0, 0.1) is 0 Å². The summed E-state index contributed by atoms with van der Waals surface area (Å²) in [4.78, 5) is 0. The maximum atomic E-state index is 6.13. The van der Waals surface area contributed by atoms with Gasteiger partial charge in [-0.15, -0.1) is 0 Å². The Labute approximate surface area is 130 Å². The number of nitrogens with one attached hydrogen (secondary N) is 1. The monoisotopic (exact) mass is 307 g/mol. The molecule has 0 amide bonds. The van der Waals surface area contributed by atoms with E-state index in [-0.39, 0.29) is 5.92 Å². The van der Waals surface area contributed by atoms with E-state index in [4.69, 9.17) is 23.2 Å². The molecule has 0 bridgehead atoms. The number of rotatable bonds is 4. The van der Waals surface area contributed by atoms with Crippen LogP contribution in [0.15, 0.2) is 42.5 Å². The Morgan fingerprint density at radius 2 is 1.55 bits per heavy atom. The van der Waals surface area contributed by atoms with Gasteiger partial charge < -0.3 is 5.32 Å². The van der Waals surface area contributed by atoms with Crippen LogP contribution in [0.25, 0.3) is 0 Å². The molecule has 0 heterocycles. The molecule has 2 aromatic carbocycles. The highest BCUT2D eigenvalue weighted by atomic mass is 35.5. The first kappa shape index (κ1) is 15.4. The van der Waals surface area contributed by atoms with E-state index in [1.165, 1.54) is 16.7 Å². The minimum Gasteiger partial charge on any atom is -0.313 e. The fraction of sp³-hybridized carbons (Fsp3) is 0.294. The van der Waals surface area contributed by atoms with Crippen molar-refractivity contribution in [2.45, 2.75) is 25.8 Å². The van der Waals surface area contributed by atoms with Gasteiger partial charge in [0.2, 0.25) is 0 Å². The summed E-state index contributed by atoms with van der Waals surface area (Å²) in [5.41, 5.74) is 3.80. The maximum absolute atomic E-state index is 6.13. The van der Waals surface area contributed by atoms with Gasteiger partial charge in [0.25, 0.3) is 0 Å². The Morgan fingerprint density at radius 3 is 2.15 bits per heavy atom. The zero-order valence-corrected chi connectivity index (χ0v) is 13.5. The van der Waals surface area contributed by atoms with Gasteiger partial charge in [-0.05, 0) is 42.8 Å². The van der Waals surface area contributed by atoms with Crippen molar-refractivity contribution < 1.29 is 0 Å². The molecule has 3 heteroatoms. The van der Waals surface area contributed by atoms with Gasteiger partial charge in [0, 0.05) is 12.0 Å². The number of benzene rings is 2. The molecule has 0 saturated heterocycles. The Hall–Kier alpha value is -1.02. The molecule has 0 spiro atoms. The molecule has 0 aromatic heterocycles. The zero-order valence-electron chi connectivity index (χ0n) is 12.0. The van der Waals surface area contributed by atoms with Gasteiger partial charge in [-0.1, -0.05) is 60.5 Å². The molecule has 2 rings (SSSR count). The van der Waals surface area contributed by atoms with Gasteiger partial charge in [0.05, 0.1) is 10.0 Å². The third kappa shape index (κ3) is 3.17. The van der Waals surface area contributed by atoms with Crippen LogP contribution in [-0.2, 0) is 0 Å². The molecular weight excluding hydrogens is 289 g/mol. The Kier molecular flexibility index (Phi) is 5.09. The second kappa shape index (κ2) is 6.62.